The molecule has 96 valence electrons. The molecule has 0 fully saturated rings. The molecular weight excluding hydrogens is 248 g/mol. The molecular formula is C13H22N2S2. The summed E-state index contributed by atoms with van der Waals surface area (Å²) in [7, 11) is 0. The van der Waals surface area contributed by atoms with E-state index in [0.717, 1.165) is 12.3 Å². The largest absolute Gasteiger partial charge is 0.309 e. The number of aromatic nitrogens is 1. The van der Waals surface area contributed by atoms with Gasteiger partial charge in [0.2, 0.25) is 0 Å². The summed E-state index contributed by atoms with van der Waals surface area (Å²) in [6, 6.07) is 0.512. The summed E-state index contributed by atoms with van der Waals surface area (Å²) in [6.45, 7) is 7.72. The maximum Gasteiger partial charge on any atom is 0.103 e. The Kier molecular flexibility index (Phi) is 4.88. The van der Waals surface area contributed by atoms with Crippen molar-refractivity contribution in [3.8, 4) is 0 Å². The molecule has 1 aliphatic carbocycles. The van der Waals surface area contributed by atoms with Crippen molar-refractivity contribution in [2.45, 2.75) is 57.1 Å². The van der Waals surface area contributed by atoms with Gasteiger partial charge in [-0.1, -0.05) is 20.8 Å². The molecule has 1 heterocycles. The number of rotatable bonds is 5. The molecule has 1 atom stereocenters. The third-order valence-electron chi connectivity index (χ3n) is 2.99. The molecule has 0 saturated heterocycles. The molecule has 0 aliphatic heterocycles. The standard InChI is InChI=1S/C13H22N2S2/c1-4-14-10-6-5-7-11-13(10)15-12(17-11)8-16-9(2)3/h9-10,14H,4-8H2,1-3H3. The van der Waals surface area contributed by atoms with Crippen molar-refractivity contribution in [2.75, 3.05) is 6.54 Å². The van der Waals surface area contributed by atoms with E-state index in [-0.39, 0.29) is 0 Å². The van der Waals surface area contributed by atoms with Gasteiger partial charge in [-0.25, -0.2) is 4.98 Å². The molecule has 2 rings (SSSR count). The molecule has 0 amide bonds. The van der Waals surface area contributed by atoms with E-state index in [2.05, 4.69) is 26.1 Å². The first kappa shape index (κ1) is 13.4. The summed E-state index contributed by atoms with van der Waals surface area (Å²) in [4.78, 5) is 6.39. The van der Waals surface area contributed by atoms with Crippen LogP contribution in [0.2, 0.25) is 0 Å². The fourth-order valence-electron chi connectivity index (χ4n) is 2.21. The van der Waals surface area contributed by atoms with Crippen LogP contribution < -0.4 is 5.32 Å². The molecule has 0 spiro atoms. The highest BCUT2D eigenvalue weighted by Crippen LogP contribution is 2.34. The predicted octanol–water partition coefficient (Wildman–Crippen LogP) is 3.77. The van der Waals surface area contributed by atoms with Gasteiger partial charge in [0.1, 0.15) is 5.01 Å². The molecule has 17 heavy (non-hydrogen) atoms. The van der Waals surface area contributed by atoms with Crippen molar-refractivity contribution in [3.05, 3.63) is 15.6 Å². The topological polar surface area (TPSA) is 24.9 Å². The lowest BCUT2D eigenvalue weighted by atomic mass is 9.98. The Morgan fingerprint density at radius 3 is 3.06 bits per heavy atom. The fourth-order valence-corrected chi connectivity index (χ4v) is 4.16. The van der Waals surface area contributed by atoms with E-state index in [1.54, 1.807) is 0 Å². The number of nitrogens with zero attached hydrogens (tertiary/aromatic N) is 1. The van der Waals surface area contributed by atoms with Gasteiger partial charge in [-0.3, -0.25) is 0 Å². The zero-order chi connectivity index (χ0) is 12.3. The van der Waals surface area contributed by atoms with Gasteiger partial charge in [0.25, 0.3) is 0 Å². The van der Waals surface area contributed by atoms with Crippen LogP contribution >= 0.6 is 23.1 Å². The molecule has 1 unspecified atom stereocenters. The molecule has 2 nitrogen and oxygen atoms in total. The molecule has 1 aromatic heterocycles. The number of hydrogen-bond acceptors (Lipinski definition) is 4. The van der Waals surface area contributed by atoms with Crippen molar-refractivity contribution in [2.24, 2.45) is 0 Å². The van der Waals surface area contributed by atoms with E-state index in [1.165, 1.54) is 34.8 Å². The van der Waals surface area contributed by atoms with Crippen molar-refractivity contribution in [1.29, 1.82) is 0 Å². The Labute approximate surface area is 113 Å². The quantitative estimate of drug-likeness (QED) is 0.881. The maximum absolute atomic E-state index is 4.86. The molecule has 0 radical (unpaired) electrons. The average molecular weight is 270 g/mol. The van der Waals surface area contributed by atoms with E-state index < -0.39 is 0 Å². The fraction of sp³-hybridized carbons (Fsp3) is 0.769. The third-order valence-corrected chi connectivity index (χ3v) is 5.41. The molecule has 4 heteroatoms. The van der Waals surface area contributed by atoms with Crippen LogP contribution in [0.5, 0.6) is 0 Å². The Morgan fingerprint density at radius 1 is 1.53 bits per heavy atom. The number of hydrogen-bond donors (Lipinski definition) is 1. The number of thiazole rings is 1. The third kappa shape index (κ3) is 3.46. The van der Waals surface area contributed by atoms with E-state index >= 15 is 0 Å². The van der Waals surface area contributed by atoms with Gasteiger partial charge in [-0.15, -0.1) is 11.3 Å². The lowest BCUT2D eigenvalue weighted by Crippen LogP contribution is -2.24. The lowest BCUT2D eigenvalue weighted by molar-refractivity contribution is 0.465. The minimum Gasteiger partial charge on any atom is -0.309 e. The van der Waals surface area contributed by atoms with Crippen LogP contribution in [0, 0.1) is 0 Å². The Morgan fingerprint density at radius 2 is 2.35 bits per heavy atom. The summed E-state index contributed by atoms with van der Waals surface area (Å²) in [5, 5.41) is 5.57. The van der Waals surface area contributed by atoms with Crippen LogP contribution in [-0.4, -0.2) is 16.8 Å². The van der Waals surface area contributed by atoms with E-state index in [4.69, 9.17) is 4.98 Å². The van der Waals surface area contributed by atoms with Crippen molar-refractivity contribution < 1.29 is 0 Å². The smallest absolute Gasteiger partial charge is 0.103 e. The van der Waals surface area contributed by atoms with Gasteiger partial charge in [-0.05, 0) is 31.1 Å². The minimum absolute atomic E-state index is 0.512. The van der Waals surface area contributed by atoms with E-state index in [0.29, 0.717) is 11.3 Å². The molecule has 0 bridgehead atoms. The van der Waals surface area contributed by atoms with Gasteiger partial charge in [0.05, 0.1) is 11.7 Å². The summed E-state index contributed by atoms with van der Waals surface area (Å²) in [5.41, 5.74) is 1.35. The van der Waals surface area contributed by atoms with Crippen molar-refractivity contribution in [1.82, 2.24) is 10.3 Å². The lowest BCUT2D eigenvalue weighted by Gasteiger charge is -2.21. The van der Waals surface area contributed by atoms with Crippen LogP contribution in [0.1, 0.15) is 55.2 Å². The van der Waals surface area contributed by atoms with Crippen molar-refractivity contribution in [3.63, 3.8) is 0 Å². The SMILES string of the molecule is CCNC1CCCc2sc(CSC(C)C)nc21. The highest BCUT2D eigenvalue weighted by Gasteiger charge is 2.23. The molecule has 0 aromatic carbocycles. The number of aryl methyl sites for hydroxylation is 1. The summed E-state index contributed by atoms with van der Waals surface area (Å²) < 4.78 is 0. The Bertz CT molecular complexity index is 360. The van der Waals surface area contributed by atoms with Crippen LogP contribution in [0.25, 0.3) is 0 Å². The molecule has 0 saturated carbocycles. The van der Waals surface area contributed by atoms with Crippen LogP contribution in [-0.2, 0) is 12.2 Å². The van der Waals surface area contributed by atoms with Gasteiger partial charge in [0.15, 0.2) is 0 Å². The number of nitrogens with one attached hydrogen (secondary N) is 1. The van der Waals surface area contributed by atoms with Gasteiger partial charge in [0, 0.05) is 10.6 Å². The highest BCUT2D eigenvalue weighted by molar-refractivity contribution is 7.99. The van der Waals surface area contributed by atoms with Gasteiger partial charge < -0.3 is 5.32 Å². The molecule has 1 aliphatic rings. The first-order chi connectivity index (χ1) is 8.20. The Hall–Kier alpha value is -0.0600. The number of thioether (sulfide) groups is 1. The summed E-state index contributed by atoms with van der Waals surface area (Å²) in [5.74, 6) is 1.08. The van der Waals surface area contributed by atoms with Crippen LogP contribution in [0.3, 0.4) is 0 Å². The van der Waals surface area contributed by atoms with Crippen molar-refractivity contribution >= 4 is 23.1 Å². The zero-order valence-electron chi connectivity index (χ0n) is 11.0. The normalized spacial score (nSPS) is 19.6. The Balaban J connectivity index is 2.07. The van der Waals surface area contributed by atoms with E-state index in [9.17, 15) is 0 Å². The molecule has 1 aromatic rings. The van der Waals surface area contributed by atoms with Gasteiger partial charge in [-0.2, -0.15) is 11.8 Å². The average Bonchev–Trinajstić information content (AvgIpc) is 2.71. The number of fused-ring (bicyclic) bond motifs is 1. The first-order valence-corrected chi connectivity index (χ1v) is 8.40. The maximum atomic E-state index is 4.86. The molecule has 1 N–H and O–H groups in total. The second kappa shape index (κ2) is 6.21. The van der Waals surface area contributed by atoms with Crippen LogP contribution in [0.4, 0.5) is 0 Å². The predicted molar refractivity (Wildman–Crippen MR) is 77.9 cm³/mol. The van der Waals surface area contributed by atoms with E-state index in [1.807, 2.05) is 23.1 Å². The highest BCUT2D eigenvalue weighted by atomic mass is 32.2. The summed E-state index contributed by atoms with van der Waals surface area (Å²) in [6.07, 6.45) is 3.80. The summed E-state index contributed by atoms with van der Waals surface area (Å²) >= 11 is 3.92. The monoisotopic (exact) mass is 270 g/mol. The second-order valence-electron chi connectivity index (χ2n) is 4.78. The second-order valence-corrected chi connectivity index (χ2v) is 7.51. The van der Waals surface area contributed by atoms with Crippen LogP contribution in [0.15, 0.2) is 0 Å². The first-order valence-electron chi connectivity index (χ1n) is 6.54. The zero-order valence-corrected chi connectivity index (χ0v) is 12.6. The van der Waals surface area contributed by atoms with Gasteiger partial charge >= 0.3 is 0 Å². The minimum atomic E-state index is 0.512.